The minimum Gasteiger partial charge on any atom is -0.467 e. The van der Waals surface area contributed by atoms with Gasteiger partial charge in [-0.05, 0) is 12.5 Å². The Morgan fingerprint density at radius 1 is 1.38 bits per heavy atom. The van der Waals surface area contributed by atoms with Crippen LogP contribution in [-0.4, -0.2) is 64.9 Å². The van der Waals surface area contributed by atoms with Crippen LogP contribution in [0, 0.1) is 6.92 Å². The van der Waals surface area contributed by atoms with Crippen LogP contribution < -0.4 is 4.74 Å². The molecule has 7 heteroatoms. The van der Waals surface area contributed by atoms with Gasteiger partial charge in [-0.3, -0.25) is 4.79 Å². The Labute approximate surface area is 152 Å². The number of aryl methyl sites for hydroxylation is 1. The number of aliphatic hydroxyl groups is 1. The average molecular weight is 357 g/mol. The average Bonchev–Trinajstić information content (AvgIpc) is 2.67. The summed E-state index contributed by atoms with van der Waals surface area (Å²) in [4.78, 5) is 22.4. The lowest BCUT2D eigenvalue weighted by atomic mass is 9.92. The van der Waals surface area contributed by atoms with Gasteiger partial charge < -0.3 is 19.5 Å². The predicted molar refractivity (Wildman–Crippen MR) is 95.1 cm³/mol. The number of aliphatic hydroxyl groups excluding tert-OH is 1. The minimum absolute atomic E-state index is 0.163. The van der Waals surface area contributed by atoms with Crippen molar-refractivity contribution in [2.24, 2.45) is 0 Å². The number of rotatable bonds is 5. The first-order valence-corrected chi connectivity index (χ1v) is 8.51. The van der Waals surface area contributed by atoms with E-state index in [0.29, 0.717) is 31.7 Å². The zero-order valence-corrected chi connectivity index (χ0v) is 15.0. The molecule has 1 aliphatic rings. The molecule has 1 saturated heterocycles. The fourth-order valence-electron chi connectivity index (χ4n) is 3.19. The molecule has 0 aliphatic carbocycles. The molecule has 1 atom stereocenters. The summed E-state index contributed by atoms with van der Waals surface area (Å²) in [5.41, 5.74) is 1.79. The third-order valence-corrected chi connectivity index (χ3v) is 4.49. The molecule has 1 fully saturated rings. The Kier molecular flexibility index (Phi) is 5.49. The van der Waals surface area contributed by atoms with Gasteiger partial charge in [-0.15, -0.1) is 0 Å². The van der Waals surface area contributed by atoms with Gasteiger partial charge in [0, 0.05) is 25.4 Å². The molecule has 0 spiro atoms. The molecule has 26 heavy (non-hydrogen) atoms. The first-order valence-electron chi connectivity index (χ1n) is 8.51. The Morgan fingerprint density at radius 3 is 2.81 bits per heavy atom. The van der Waals surface area contributed by atoms with Crippen molar-refractivity contribution in [1.29, 1.82) is 0 Å². The van der Waals surface area contributed by atoms with Crippen molar-refractivity contribution in [3.05, 3.63) is 53.3 Å². The summed E-state index contributed by atoms with van der Waals surface area (Å²) in [5.74, 6) is -0.182. The number of amides is 1. The van der Waals surface area contributed by atoms with Gasteiger partial charge in [-0.2, -0.15) is 0 Å². The number of hydrogen-bond donors (Lipinski definition) is 1. The Balaban J connectivity index is 1.76. The van der Waals surface area contributed by atoms with Gasteiger partial charge in [0.2, 0.25) is 0 Å². The molecule has 1 aliphatic heterocycles. The molecule has 3 rings (SSSR count). The summed E-state index contributed by atoms with van der Waals surface area (Å²) in [6.07, 6.45) is 3.43. The largest absolute Gasteiger partial charge is 0.467 e. The van der Waals surface area contributed by atoms with Crippen LogP contribution >= 0.6 is 0 Å². The van der Waals surface area contributed by atoms with Gasteiger partial charge in [0.05, 0.1) is 32.4 Å². The van der Waals surface area contributed by atoms with Crippen molar-refractivity contribution in [2.45, 2.75) is 18.9 Å². The highest BCUT2D eigenvalue weighted by Gasteiger charge is 2.38. The summed E-state index contributed by atoms with van der Waals surface area (Å²) in [6.45, 7) is 3.00. The van der Waals surface area contributed by atoms with E-state index in [1.165, 1.54) is 19.5 Å². The van der Waals surface area contributed by atoms with E-state index >= 15 is 0 Å². The van der Waals surface area contributed by atoms with E-state index in [2.05, 4.69) is 16.0 Å². The highest BCUT2D eigenvalue weighted by Crippen LogP contribution is 2.24. The van der Waals surface area contributed by atoms with Crippen LogP contribution in [0.15, 0.2) is 36.7 Å². The Hall–Kier alpha value is -2.51. The van der Waals surface area contributed by atoms with E-state index in [4.69, 9.17) is 9.47 Å². The second kappa shape index (κ2) is 7.80. The van der Waals surface area contributed by atoms with Crippen LogP contribution in [0.5, 0.6) is 6.01 Å². The summed E-state index contributed by atoms with van der Waals surface area (Å²) >= 11 is 0. The Bertz CT molecular complexity index is 766. The van der Waals surface area contributed by atoms with Crippen molar-refractivity contribution in [3.63, 3.8) is 0 Å². The van der Waals surface area contributed by atoms with E-state index in [9.17, 15) is 9.90 Å². The van der Waals surface area contributed by atoms with Gasteiger partial charge in [0.15, 0.2) is 0 Å². The molecule has 0 saturated carbocycles. The number of carbonyl (C=O) groups is 1. The zero-order valence-electron chi connectivity index (χ0n) is 15.0. The molecule has 1 amide bonds. The van der Waals surface area contributed by atoms with Gasteiger partial charge in [-0.25, -0.2) is 9.97 Å². The summed E-state index contributed by atoms with van der Waals surface area (Å²) in [7, 11) is 1.47. The molecular weight excluding hydrogens is 334 g/mol. The molecule has 0 bridgehead atoms. The zero-order chi connectivity index (χ0) is 18.6. The van der Waals surface area contributed by atoms with Crippen LogP contribution in [0.25, 0.3) is 0 Å². The van der Waals surface area contributed by atoms with E-state index in [1.54, 1.807) is 4.90 Å². The summed E-state index contributed by atoms with van der Waals surface area (Å²) in [6, 6.07) is 8.30. The topological polar surface area (TPSA) is 84.8 Å². The van der Waals surface area contributed by atoms with E-state index in [1.807, 2.05) is 25.1 Å². The van der Waals surface area contributed by atoms with Crippen LogP contribution in [0.4, 0.5) is 0 Å². The van der Waals surface area contributed by atoms with E-state index in [-0.39, 0.29) is 18.5 Å². The quantitative estimate of drug-likeness (QED) is 0.867. The molecule has 1 aromatic heterocycles. The highest BCUT2D eigenvalue weighted by molar-refractivity contribution is 5.93. The molecule has 1 N–H and O–H groups in total. The van der Waals surface area contributed by atoms with Crippen LogP contribution in [-0.2, 0) is 11.2 Å². The number of morpholine rings is 1. The number of hydrogen-bond acceptors (Lipinski definition) is 6. The lowest BCUT2D eigenvalue weighted by Gasteiger charge is -2.42. The Morgan fingerprint density at radius 2 is 2.15 bits per heavy atom. The highest BCUT2D eigenvalue weighted by atomic mass is 16.5. The van der Waals surface area contributed by atoms with Crippen LogP contribution in [0.1, 0.15) is 21.5 Å². The number of benzene rings is 1. The lowest BCUT2D eigenvalue weighted by Crippen LogP contribution is -2.56. The van der Waals surface area contributed by atoms with Gasteiger partial charge in [-0.1, -0.05) is 29.8 Å². The third kappa shape index (κ3) is 4.00. The molecule has 2 aromatic rings. The molecule has 138 valence electrons. The smallest absolute Gasteiger partial charge is 0.316 e. The van der Waals surface area contributed by atoms with Crippen molar-refractivity contribution in [3.8, 4) is 6.01 Å². The summed E-state index contributed by atoms with van der Waals surface area (Å²) in [5, 5.41) is 10.0. The van der Waals surface area contributed by atoms with E-state index < -0.39 is 5.60 Å². The second-order valence-corrected chi connectivity index (χ2v) is 6.54. The van der Waals surface area contributed by atoms with Gasteiger partial charge in [0.25, 0.3) is 5.91 Å². The van der Waals surface area contributed by atoms with Crippen LogP contribution in [0.2, 0.25) is 0 Å². The molecule has 1 aromatic carbocycles. The predicted octanol–water partition coefficient (Wildman–Crippen LogP) is 1.24. The summed E-state index contributed by atoms with van der Waals surface area (Å²) < 4.78 is 10.8. The SMILES string of the molecule is COc1ncc(C(=O)N2CCO[C@@](CO)(Cc3cccc(C)c3)C2)cn1. The van der Waals surface area contributed by atoms with Crippen LogP contribution in [0.3, 0.4) is 0 Å². The number of ether oxygens (including phenoxy) is 2. The lowest BCUT2D eigenvalue weighted by molar-refractivity contribution is -0.123. The number of nitrogens with zero attached hydrogens (tertiary/aromatic N) is 3. The maximum Gasteiger partial charge on any atom is 0.316 e. The van der Waals surface area contributed by atoms with Crippen molar-refractivity contribution in [1.82, 2.24) is 14.9 Å². The molecule has 2 heterocycles. The second-order valence-electron chi connectivity index (χ2n) is 6.54. The number of aromatic nitrogens is 2. The maximum atomic E-state index is 12.8. The first kappa shape index (κ1) is 18.3. The van der Waals surface area contributed by atoms with E-state index in [0.717, 1.165) is 11.1 Å². The molecule has 7 nitrogen and oxygen atoms in total. The van der Waals surface area contributed by atoms with Gasteiger partial charge in [0.1, 0.15) is 5.60 Å². The molecule has 0 unspecified atom stereocenters. The van der Waals surface area contributed by atoms with Gasteiger partial charge >= 0.3 is 6.01 Å². The fourth-order valence-corrected chi connectivity index (χ4v) is 3.19. The van der Waals surface area contributed by atoms with Crippen molar-refractivity contribution < 1.29 is 19.4 Å². The monoisotopic (exact) mass is 357 g/mol. The minimum atomic E-state index is -0.810. The fraction of sp³-hybridized carbons (Fsp3) is 0.421. The van der Waals surface area contributed by atoms with Crippen molar-refractivity contribution >= 4 is 5.91 Å². The maximum absolute atomic E-state index is 12.8. The third-order valence-electron chi connectivity index (χ3n) is 4.49. The number of methoxy groups -OCH3 is 1. The first-order chi connectivity index (χ1) is 12.5. The number of carbonyl (C=O) groups excluding carboxylic acids is 1. The van der Waals surface area contributed by atoms with Crippen molar-refractivity contribution in [2.75, 3.05) is 33.4 Å². The standard InChI is InChI=1S/C19H23N3O4/c1-14-4-3-5-15(8-14)9-19(13-23)12-22(6-7-26-19)17(24)16-10-20-18(25-2)21-11-16/h3-5,8,10-11,23H,6-7,9,12-13H2,1-2H3/t19-/m0/s1. The normalized spacial score (nSPS) is 20.0. The molecular formula is C19H23N3O4. The molecule has 0 radical (unpaired) electrons.